The highest BCUT2D eigenvalue weighted by atomic mass is 19.1. The van der Waals surface area contributed by atoms with Gasteiger partial charge in [-0.2, -0.15) is 0 Å². The fourth-order valence-corrected chi connectivity index (χ4v) is 5.82. The fraction of sp³-hybridized carbons (Fsp3) is 0.577. The van der Waals surface area contributed by atoms with Crippen LogP contribution in [-0.4, -0.2) is 52.7 Å². The zero-order chi connectivity index (χ0) is 22.8. The molecule has 1 unspecified atom stereocenters. The van der Waals surface area contributed by atoms with E-state index in [1.54, 1.807) is 12.1 Å². The number of nitrogens with zero attached hydrogens (tertiary/aromatic N) is 3. The number of carbonyl (C=O) groups excluding carboxylic acids is 1. The van der Waals surface area contributed by atoms with Crippen LogP contribution in [-0.2, 0) is 4.74 Å². The highest BCUT2D eigenvalue weighted by Crippen LogP contribution is 2.42. The number of ether oxygens (including phenoxy) is 1. The second-order valence-electron chi connectivity index (χ2n) is 9.85. The van der Waals surface area contributed by atoms with Crippen LogP contribution in [0, 0.1) is 18.7 Å². The quantitative estimate of drug-likeness (QED) is 0.704. The Morgan fingerprint density at radius 3 is 2.67 bits per heavy atom. The molecular formula is C26H33FN4O2. The average molecular weight is 453 g/mol. The molecule has 4 atom stereocenters. The van der Waals surface area contributed by atoms with Crippen molar-refractivity contribution in [1.82, 2.24) is 20.2 Å². The predicted molar refractivity (Wildman–Crippen MR) is 124 cm³/mol. The Balaban J connectivity index is 1.21. The van der Waals surface area contributed by atoms with Gasteiger partial charge in [0.05, 0.1) is 5.69 Å². The number of piperidine rings is 3. The van der Waals surface area contributed by atoms with Crippen LogP contribution < -0.4 is 5.32 Å². The minimum absolute atomic E-state index is 0.247. The number of hydrogen-bond donors (Lipinski definition) is 1. The van der Waals surface area contributed by atoms with E-state index in [0.717, 1.165) is 61.5 Å². The molecule has 1 aliphatic carbocycles. The molecule has 1 saturated carbocycles. The number of hydrogen-bond acceptors (Lipinski definition) is 5. The van der Waals surface area contributed by atoms with Gasteiger partial charge in [-0.3, -0.25) is 4.90 Å². The number of alkyl carbamates (subject to hydrolysis) is 1. The van der Waals surface area contributed by atoms with Crippen LogP contribution >= 0.6 is 0 Å². The van der Waals surface area contributed by atoms with Crippen molar-refractivity contribution in [2.24, 2.45) is 5.92 Å². The molecule has 1 aromatic carbocycles. The summed E-state index contributed by atoms with van der Waals surface area (Å²) < 4.78 is 19.0. The van der Waals surface area contributed by atoms with E-state index < -0.39 is 0 Å². The van der Waals surface area contributed by atoms with E-state index in [-0.39, 0.29) is 24.0 Å². The zero-order valence-corrected chi connectivity index (χ0v) is 19.3. The monoisotopic (exact) mass is 452 g/mol. The van der Waals surface area contributed by atoms with E-state index in [2.05, 4.69) is 21.3 Å². The van der Waals surface area contributed by atoms with Crippen molar-refractivity contribution < 1.29 is 13.9 Å². The number of amides is 1. The van der Waals surface area contributed by atoms with E-state index in [0.29, 0.717) is 18.4 Å². The molecule has 1 N–H and O–H groups in total. The van der Waals surface area contributed by atoms with Crippen molar-refractivity contribution in [2.45, 2.75) is 69.9 Å². The van der Waals surface area contributed by atoms with Crippen LogP contribution in [0.15, 0.2) is 30.3 Å². The maximum Gasteiger partial charge on any atom is 0.407 e. The number of fused-ring (bicyclic) bond motifs is 3. The molecule has 2 aromatic rings. The molecule has 1 amide bonds. The van der Waals surface area contributed by atoms with Crippen molar-refractivity contribution in [1.29, 1.82) is 0 Å². The van der Waals surface area contributed by atoms with Crippen LogP contribution in [0.5, 0.6) is 0 Å². The van der Waals surface area contributed by atoms with Crippen molar-refractivity contribution in [2.75, 3.05) is 19.7 Å². The average Bonchev–Trinajstić information content (AvgIpc) is 2.84. The van der Waals surface area contributed by atoms with Gasteiger partial charge in [0.25, 0.3) is 0 Å². The summed E-state index contributed by atoms with van der Waals surface area (Å²) in [6, 6.07) is 9.08. The first-order valence-corrected chi connectivity index (χ1v) is 12.3. The summed E-state index contributed by atoms with van der Waals surface area (Å²) in [4.78, 5) is 24.1. The van der Waals surface area contributed by atoms with Crippen LogP contribution in [0.1, 0.15) is 62.4 Å². The normalized spacial score (nSPS) is 27.3. The van der Waals surface area contributed by atoms with Crippen molar-refractivity contribution in [3.63, 3.8) is 0 Å². The lowest BCUT2D eigenvalue weighted by molar-refractivity contribution is -0.00403. The van der Waals surface area contributed by atoms with Gasteiger partial charge in [0.15, 0.2) is 0 Å². The van der Waals surface area contributed by atoms with Crippen LogP contribution in [0.3, 0.4) is 0 Å². The second kappa shape index (κ2) is 9.75. The third kappa shape index (κ3) is 5.18. The van der Waals surface area contributed by atoms with E-state index in [9.17, 15) is 9.18 Å². The summed E-state index contributed by atoms with van der Waals surface area (Å²) in [6.07, 6.45) is 7.65. The summed E-state index contributed by atoms with van der Waals surface area (Å²) in [5.74, 6) is 1.35. The summed E-state index contributed by atoms with van der Waals surface area (Å²) in [7, 11) is 0. The molecule has 0 radical (unpaired) electrons. The maximum absolute atomic E-state index is 13.3. The van der Waals surface area contributed by atoms with Crippen molar-refractivity contribution in [3.05, 3.63) is 47.7 Å². The Labute approximate surface area is 194 Å². The Morgan fingerprint density at radius 2 is 1.94 bits per heavy atom. The summed E-state index contributed by atoms with van der Waals surface area (Å²) in [5, 5.41) is 3.05. The first-order chi connectivity index (χ1) is 16.0. The second-order valence-corrected chi connectivity index (χ2v) is 9.85. The number of carbonyl (C=O) groups is 1. The lowest BCUT2D eigenvalue weighted by atomic mass is 9.74. The number of nitrogens with one attached hydrogen (secondary N) is 1. The van der Waals surface area contributed by atoms with Gasteiger partial charge in [0.2, 0.25) is 0 Å². The van der Waals surface area contributed by atoms with Gasteiger partial charge in [0, 0.05) is 35.8 Å². The van der Waals surface area contributed by atoms with Crippen LogP contribution in [0.4, 0.5) is 9.18 Å². The van der Waals surface area contributed by atoms with Gasteiger partial charge in [-0.25, -0.2) is 19.2 Å². The standard InChI is InChI=1S/C26H33FN4O2/c1-17-28-24(18-7-9-20(27)10-8-18)14-25(29-17)23-15-31-12-11-19(23)13-22(31)16-33-26(32)30-21-5-3-2-4-6-21/h7-10,14,19,21-23H,2-6,11-13,15-16H2,1H3,(H,30,32)/t19-,22+,23-/m0/s1. The lowest BCUT2D eigenvalue weighted by Gasteiger charge is -2.49. The maximum atomic E-state index is 13.3. The molecule has 1 aromatic heterocycles. The van der Waals surface area contributed by atoms with Crippen LogP contribution in [0.25, 0.3) is 11.3 Å². The topological polar surface area (TPSA) is 67.4 Å². The molecule has 0 spiro atoms. The van der Waals surface area contributed by atoms with Gasteiger partial charge in [-0.1, -0.05) is 19.3 Å². The third-order valence-electron chi connectivity index (χ3n) is 7.59. The Bertz CT molecular complexity index is 977. The summed E-state index contributed by atoms with van der Waals surface area (Å²) in [6.45, 7) is 4.32. The summed E-state index contributed by atoms with van der Waals surface area (Å²) in [5.41, 5.74) is 2.80. The molecule has 6 rings (SSSR count). The number of aromatic nitrogens is 2. The minimum atomic E-state index is -0.267. The van der Waals surface area contributed by atoms with E-state index in [1.165, 1.54) is 31.4 Å². The SMILES string of the molecule is Cc1nc(-c2ccc(F)cc2)cc([C@H]2CN3CC[C@H]2C[C@@H]3COC(=O)NC2CCCCC2)n1. The van der Waals surface area contributed by atoms with E-state index in [1.807, 2.05) is 6.92 Å². The predicted octanol–water partition coefficient (Wildman–Crippen LogP) is 4.83. The third-order valence-corrected chi connectivity index (χ3v) is 7.59. The molecule has 7 heteroatoms. The Kier molecular flexibility index (Phi) is 6.58. The molecule has 3 aliphatic heterocycles. The molecule has 2 bridgehead atoms. The molecule has 176 valence electrons. The number of halogens is 1. The smallest absolute Gasteiger partial charge is 0.407 e. The Morgan fingerprint density at radius 1 is 1.15 bits per heavy atom. The van der Waals surface area contributed by atoms with Gasteiger partial charge in [-0.15, -0.1) is 0 Å². The fourth-order valence-electron chi connectivity index (χ4n) is 5.82. The first kappa shape index (κ1) is 22.3. The molecule has 4 aliphatic rings. The van der Waals surface area contributed by atoms with Crippen LogP contribution in [0.2, 0.25) is 0 Å². The molecule has 6 nitrogen and oxygen atoms in total. The molecule has 4 heterocycles. The zero-order valence-electron chi connectivity index (χ0n) is 19.3. The molecular weight excluding hydrogens is 419 g/mol. The molecule has 3 saturated heterocycles. The minimum Gasteiger partial charge on any atom is -0.448 e. The largest absolute Gasteiger partial charge is 0.448 e. The highest BCUT2D eigenvalue weighted by Gasteiger charge is 2.42. The lowest BCUT2D eigenvalue weighted by Crippen LogP contribution is -2.54. The van der Waals surface area contributed by atoms with Crippen molar-refractivity contribution in [3.8, 4) is 11.3 Å². The van der Waals surface area contributed by atoms with Gasteiger partial charge in [-0.05, 0) is 75.4 Å². The number of benzene rings is 1. The van der Waals surface area contributed by atoms with Gasteiger partial charge in [0.1, 0.15) is 18.2 Å². The molecule has 4 fully saturated rings. The highest BCUT2D eigenvalue weighted by molar-refractivity contribution is 5.67. The van der Waals surface area contributed by atoms with E-state index in [4.69, 9.17) is 9.72 Å². The Hall–Kier alpha value is -2.54. The number of aryl methyl sites for hydroxylation is 1. The summed E-state index contributed by atoms with van der Waals surface area (Å²) >= 11 is 0. The van der Waals surface area contributed by atoms with E-state index >= 15 is 0 Å². The van der Waals surface area contributed by atoms with Gasteiger partial charge < -0.3 is 10.1 Å². The number of rotatable bonds is 5. The molecule has 33 heavy (non-hydrogen) atoms. The van der Waals surface area contributed by atoms with Gasteiger partial charge >= 0.3 is 6.09 Å². The van der Waals surface area contributed by atoms with Crippen molar-refractivity contribution >= 4 is 6.09 Å². The first-order valence-electron chi connectivity index (χ1n) is 12.3.